The molecular formula is C21H35FIN5O2S. The van der Waals surface area contributed by atoms with E-state index < -0.39 is 10.0 Å². The van der Waals surface area contributed by atoms with E-state index in [1.54, 1.807) is 13.1 Å². The Morgan fingerprint density at radius 3 is 2.71 bits per heavy atom. The van der Waals surface area contributed by atoms with Crippen molar-refractivity contribution in [3.8, 4) is 0 Å². The Labute approximate surface area is 202 Å². The predicted molar refractivity (Wildman–Crippen MR) is 135 cm³/mol. The van der Waals surface area contributed by atoms with Crippen LogP contribution in [0.25, 0.3) is 0 Å². The third kappa shape index (κ3) is 8.05. The molecule has 0 amide bonds. The monoisotopic (exact) mass is 567 g/mol. The van der Waals surface area contributed by atoms with Crippen LogP contribution in [0.15, 0.2) is 23.2 Å². The molecule has 1 aromatic carbocycles. The Bertz CT molecular complexity index is 848. The molecule has 0 bridgehead atoms. The van der Waals surface area contributed by atoms with Crippen molar-refractivity contribution in [2.24, 2.45) is 10.9 Å². The molecule has 1 saturated carbocycles. The van der Waals surface area contributed by atoms with Gasteiger partial charge >= 0.3 is 0 Å². The largest absolute Gasteiger partial charge is 0.367 e. The molecule has 2 aliphatic rings. The maximum Gasteiger partial charge on any atom is 0.213 e. The molecule has 0 spiro atoms. The fraction of sp³-hybridized carbons (Fsp3) is 0.667. The summed E-state index contributed by atoms with van der Waals surface area (Å²) in [6.07, 6.45) is 5.32. The number of aliphatic imine (C=N–C) groups is 1. The molecule has 1 atom stereocenters. The molecule has 1 unspecified atom stereocenters. The Morgan fingerprint density at radius 2 is 2.03 bits per heavy atom. The van der Waals surface area contributed by atoms with Gasteiger partial charge in [-0.3, -0.25) is 4.99 Å². The molecular weight excluding hydrogens is 532 g/mol. The Balaban J connectivity index is 0.00000341. The normalized spacial score (nSPS) is 20.0. The van der Waals surface area contributed by atoms with Crippen molar-refractivity contribution >= 4 is 45.6 Å². The number of nitrogens with zero attached hydrogens (tertiary/aromatic N) is 2. The first-order valence-electron chi connectivity index (χ1n) is 10.8. The number of nitrogens with one attached hydrogen (secondary N) is 3. The van der Waals surface area contributed by atoms with E-state index in [1.807, 2.05) is 13.0 Å². The minimum absolute atomic E-state index is 0. The summed E-state index contributed by atoms with van der Waals surface area (Å²) in [5, 5.41) is 6.44. The van der Waals surface area contributed by atoms with Crippen molar-refractivity contribution in [2.45, 2.75) is 45.1 Å². The van der Waals surface area contributed by atoms with Crippen molar-refractivity contribution in [3.63, 3.8) is 0 Å². The van der Waals surface area contributed by atoms with E-state index in [0.717, 1.165) is 37.8 Å². The SMILES string of the molecule is CN=C(NCCS(=O)(=O)NCC1CCC1)NC1CCCN(c2cc(C)ccc2F)C1.I. The van der Waals surface area contributed by atoms with E-state index in [9.17, 15) is 12.8 Å². The third-order valence-corrected chi connectivity index (χ3v) is 7.26. The van der Waals surface area contributed by atoms with Crippen LogP contribution in [-0.2, 0) is 10.0 Å². The quantitative estimate of drug-likeness (QED) is 0.256. The second kappa shape index (κ2) is 12.2. The van der Waals surface area contributed by atoms with Crippen molar-refractivity contribution in [3.05, 3.63) is 29.6 Å². The van der Waals surface area contributed by atoms with Gasteiger partial charge in [-0.05, 0) is 56.2 Å². The molecule has 0 aromatic heterocycles. The molecule has 1 aliphatic heterocycles. The zero-order valence-corrected chi connectivity index (χ0v) is 21.5. The Morgan fingerprint density at radius 1 is 1.26 bits per heavy atom. The molecule has 176 valence electrons. The highest BCUT2D eigenvalue weighted by atomic mass is 127. The van der Waals surface area contributed by atoms with E-state index in [2.05, 4.69) is 25.2 Å². The lowest BCUT2D eigenvalue weighted by atomic mass is 9.86. The number of aryl methyl sites for hydroxylation is 1. The zero-order valence-electron chi connectivity index (χ0n) is 18.4. The van der Waals surface area contributed by atoms with Crippen LogP contribution >= 0.6 is 24.0 Å². The average molecular weight is 568 g/mol. The van der Waals surface area contributed by atoms with Crippen LogP contribution in [-0.4, -0.2) is 59.4 Å². The number of hydrogen-bond donors (Lipinski definition) is 3. The highest BCUT2D eigenvalue weighted by molar-refractivity contribution is 14.0. The maximum atomic E-state index is 14.3. The van der Waals surface area contributed by atoms with Crippen molar-refractivity contribution in [1.29, 1.82) is 0 Å². The molecule has 3 N–H and O–H groups in total. The fourth-order valence-electron chi connectivity index (χ4n) is 3.88. The molecule has 3 rings (SSSR count). The topological polar surface area (TPSA) is 85.8 Å². The molecule has 31 heavy (non-hydrogen) atoms. The molecule has 2 fully saturated rings. The number of piperidine rings is 1. The Kier molecular flexibility index (Phi) is 10.3. The number of hydrogen-bond acceptors (Lipinski definition) is 4. The maximum absolute atomic E-state index is 14.3. The van der Waals surface area contributed by atoms with Crippen molar-refractivity contribution < 1.29 is 12.8 Å². The van der Waals surface area contributed by atoms with E-state index in [-0.39, 0.29) is 48.1 Å². The van der Waals surface area contributed by atoms with E-state index in [0.29, 0.717) is 30.7 Å². The second-order valence-corrected chi connectivity index (χ2v) is 10.3. The lowest BCUT2D eigenvalue weighted by Crippen LogP contribution is -2.52. The van der Waals surface area contributed by atoms with Gasteiger partial charge in [0.05, 0.1) is 11.4 Å². The number of rotatable bonds is 8. The van der Waals surface area contributed by atoms with Gasteiger partial charge in [-0.15, -0.1) is 24.0 Å². The molecule has 0 radical (unpaired) electrons. The van der Waals surface area contributed by atoms with Crippen LogP contribution in [0.3, 0.4) is 0 Å². The summed E-state index contributed by atoms with van der Waals surface area (Å²) in [5.74, 6) is 0.866. The van der Waals surface area contributed by atoms with Gasteiger partial charge in [0, 0.05) is 39.3 Å². The summed E-state index contributed by atoms with van der Waals surface area (Å²) in [4.78, 5) is 6.28. The van der Waals surface area contributed by atoms with Gasteiger partial charge in [0.2, 0.25) is 10.0 Å². The summed E-state index contributed by atoms with van der Waals surface area (Å²) < 4.78 is 41.2. The van der Waals surface area contributed by atoms with Gasteiger partial charge in [0.25, 0.3) is 0 Å². The predicted octanol–water partition coefficient (Wildman–Crippen LogP) is 2.61. The minimum atomic E-state index is -3.29. The molecule has 1 aliphatic carbocycles. The summed E-state index contributed by atoms with van der Waals surface area (Å²) in [7, 11) is -1.62. The number of sulfonamides is 1. The highest BCUT2D eigenvalue weighted by Crippen LogP contribution is 2.25. The first-order valence-corrected chi connectivity index (χ1v) is 12.5. The summed E-state index contributed by atoms with van der Waals surface area (Å²) >= 11 is 0. The number of anilines is 1. The molecule has 7 nitrogen and oxygen atoms in total. The first-order chi connectivity index (χ1) is 14.4. The molecule has 1 heterocycles. The van der Waals surface area contributed by atoms with Crippen molar-refractivity contribution in [2.75, 3.05) is 43.9 Å². The van der Waals surface area contributed by atoms with Crippen LogP contribution in [0.1, 0.15) is 37.7 Å². The molecule has 10 heteroatoms. The van der Waals surface area contributed by atoms with Gasteiger partial charge < -0.3 is 15.5 Å². The fourth-order valence-corrected chi connectivity index (χ4v) is 4.89. The van der Waals surface area contributed by atoms with E-state index in [4.69, 9.17) is 0 Å². The van der Waals surface area contributed by atoms with Crippen LogP contribution in [0.5, 0.6) is 0 Å². The molecule has 1 aromatic rings. The Hall–Kier alpha value is -1.14. The van der Waals surface area contributed by atoms with Crippen LogP contribution < -0.4 is 20.3 Å². The highest BCUT2D eigenvalue weighted by Gasteiger charge is 2.23. The van der Waals surface area contributed by atoms with E-state index in [1.165, 1.54) is 12.5 Å². The number of guanidine groups is 1. The van der Waals surface area contributed by atoms with Gasteiger partial charge in [0.1, 0.15) is 5.82 Å². The van der Waals surface area contributed by atoms with Crippen LogP contribution in [0, 0.1) is 18.7 Å². The van der Waals surface area contributed by atoms with Gasteiger partial charge in [-0.2, -0.15) is 0 Å². The summed E-state index contributed by atoms with van der Waals surface area (Å²) in [6, 6.07) is 5.28. The third-order valence-electron chi connectivity index (χ3n) is 5.91. The van der Waals surface area contributed by atoms with Gasteiger partial charge in [0.15, 0.2) is 5.96 Å². The zero-order chi connectivity index (χ0) is 21.6. The van der Waals surface area contributed by atoms with Crippen LogP contribution in [0.2, 0.25) is 0 Å². The first kappa shape index (κ1) is 26.1. The standard InChI is InChI=1S/C21H34FN5O2S.HI/c1-16-8-9-19(22)20(13-16)27-11-4-7-18(15-27)26-21(23-2)24-10-12-30(28,29)25-14-17-5-3-6-17;/h8-9,13,17-18,25H,3-7,10-12,14-15H2,1-2H3,(H2,23,24,26);1H. The van der Waals surface area contributed by atoms with E-state index >= 15 is 0 Å². The van der Waals surface area contributed by atoms with Gasteiger partial charge in [-0.25, -0.2) is 17.5 Å². The average Bonchev–Trinajstić information content (AvgIpc) is 2.68. The molecule has 1 saturated heterocycles. The lowest BCUT2D eigenvalue weighted by Gasteiger charge is -2.35. The summed E-state index contributed by atoms with van der Waals surface area (Å²) in [5.41, 5.74) is 1.67. The van der Waals surface area contributed by atoms with Crippen LogP contribution in [0.4, 0.5) is 10.1 Å². The van der Waals surface area contributed by atoms with Gasteiger partial charge in [-0.1, -0.05) is 12.5 Å². The number of benzene rings is 1. The lowest BCUT2D eigenvalue weighted by molar-refractivity contribution is 0.316. The number of halogens is 2. The summed E-state index contributed by atoms with van der Waals surface area (Å²) in [6.45, 7) is 4.27. The second-order valence-electron chi connectivity index (χ2n) is 8.35. The minimum Gasteiger partial charge on any atom is -0.367 e. The smallest absolute Gasteiger partial charge is 0.213 e. The van der Waals surface area contributed by atoms with Crippen molar-refractivity contribution in [1.82, 2.24) is 15.4 Å².